The molecule has 104 valence electrons. The van der Waals surface area contributed by atoms with E-state index in [0.29, 0.717) is 17.2 Å². The van der Waals surface area contributed by atoms with E-state index in [1.807, 2.05) is 6.07 Å². The van der Waals surface area contributed by atoms with Gasteiger partial charge in [-0.2, -0.15) is 0 Å². The number of rotatable bonds is 4. The van der Waals surface area contributed by atoms with Crippen molar-refractivity contribution in [1.82, 2.24) is 4.90 Å². The number of carbonyl (C=O) groups excluding carboxylic acids is 1. The number of nitrogens with one attached hydrogen (secondary N) is 1. The number of nitrogens with two attached hydrogens (primary N) is 1. The van der Waals surface area contributed by atoms with Gasteiger partial charge in [0.25, 0.3) is 5.91 Å². The highest BCUT2D eigenvalue weighted by Gasteiger charge is 2.16. The molecule has 1 unspecified atom stereocenters. The first-order valence-corrected chi connectivity index (χ1v) is 6.50. The van der Waals surface area contributed by atoms with Crippen LogP contribution in [0.15, 0.2) is 18.2 Å². The van der Waals surface area contributed by atoms with Crippen LogP contribution in [-0.4, -0.2) is 44.7 Å². The number of benzene rings is 1. The fourth-order valence-corrected chi connectivity index (χ4v) is 2.10. The smallest absolute Gasteiger partial charge is 0.253 e. The second-order valence-electron chi connectivity index (χ2n) is 5.11. The Balaban J connectivity index is 2.06. The SMILES string of the molecule is CN(C)C(=O)c1ccc(N)c(NCC2CCOC2)c1. The van der Waals surface area contributed by atoms with Crippen molar-refractivity contribution in [3.63, 3.8) is 0 Å². The summed E-state index contributed by atoms with van der Waals surface area (Å²) in [7, 11) is 3.48. The van der Waals surface area contributed by atoms with E-state index in [0.717, 1.165) is 31.9 Å². The summed E-state index contributed by atoms with van der Waals surface area (Å²) in [5, 5.41) is 3.31. The molecule has 1 aliphatic rings. The molecule has 1 aliphatic heterocycles. The molecule has 19 heavy (non-hydrogen) atoms. The summed E-state index contributed by atoms with van der Waals surface area (Å²) in [4.78, 5) is 13.5. The van der Waals surface area contributed by atoms with Crippen molar-refractivity contribution in [3.05, 3.63) is 23.8 Å². The lowest BCUT2D eigenvalue weighted by molar-refractivity contribution is 0.0827. The summed E-state index contributed by atoms with van der Waals surface area (Å²) in [6, 6.07) is 5.33. The van der Waals surface area contributed by atoms with E-state index < -0.39 is 0 Å². The second-order valence-corrected chi connectivity index (χ2v) is 5.11. The van der Waals surface area contributed by atoms with Crippen molar-refractivity contribution in [2.45, 2.75) is 6.42 Å². The van der Waals surface area contributed by atoms with Crippen LogP contribution in [0.3, 0.4) is 0 Å². The maximum atomic E-state index is 11.9. The van der Waals surface area contributed by atoms with Gasteiger partial charge in [0.1, 0.15) is 0 Å². The lowest BCUT2D eigenvalue weighted by Crippen LogP contribution is -2.22. The molecule has 5 heteroatoms. The third kappa shape index (κ3) is 3.38. The van der Waals surface area contributed by atoms with Crippen LogP contribution in [-0.2, 0) is 4.74 Å². The summed E-state index contributed by atoms with van der Waals surface area (Å²) in [6.07, 6.45) is 1.07. The standard InChI is InChI=1S/C14H21N3O2/c1-17(2)14(18)11-3-4-12(15)13(7-11)16-8-10-5-6-19-9-10/h3-4,7,10,16H,5-6,8-9,15H2,1-2H3. The highest BCUT2D eigenvalue weighted by atomic mass is 16.5. The number of anilines is 2. The average Bonchev–Trinajstić information content (AvgIpc) is 2.90. The Morgan fingerprint density at radius 1 is 1.53 bits per heavy atom. The maximum Gasteiger partial charge on any atom is 0.253 e. The molecule has 2 rings (SSSR count). The molecule has 1 aromatic carbocycles. The van der Waals surface area contributed by atoms with Gasteiger partial charge >= 0.3 is 0 Å². The van der Waals surface area contributed by atoms with E-state index in [1.54, 1.807) is 31.1 Å². The first-order chi connectivity index (χ1) is 9.08. The van der Waals surface area contributed by atoms with Gasteiger partial charge in [0, 0.05) is 38.7 Å². The molecule has 1 saturated heterocycles. The summed E-state index contributed by atoms with van der Waals surface area (Å²) in [6.45, 7) is 2.45. The van der Waals surface area contributed by atoms with E-state index in [-0.39, 0.29) is 5.91 Å². The van der Waals surface area contributed by atoms with Crippen LogP contribution in [0.25, 0.3) is 0 Å². The number of ether oxygens (including phenoxy) is 1. The number of hydrogen-bond acceptors (Lipinski definition) is 4. The quantitative estimate of drug-likeness (QED) is 0.806. The molecule has 0 aliphatic carbocycles. The van der Waals surface area contributed by atoms with Gasteiger partial charge in [0.2, 0.25) is 0 Å². The van der Waals surface area contributed by atoms with E-state index in [2.05, 4.69) is 5.32 Å². The molecule has 0 radical (unpaired) electrons. The number of hydrogen-bond donors (Lipinski definition) is 2. The third-order valence-corrected chi connectivity index (χ3v) is 3.31. The molecule has 1 atom stereocenters. The summed E-state index contributed by atoms with van der Waals surface area (Å²) in [5.41, 5.74) is 8.06. The summed E-state index contributed by atoms with van der Waals surface area (Å²) >= 11 is 0. The summed E-state index contributed by atoms with van der Waals surface area (Å²) < 4.78 is 5.34. The van der Waals surface area contributed by atoms with Crippen LogP contribution < -0.4 is 11.1 Å². The van der Waals surface area contributed by atoms with Crippen LogP contribution >= 0.6 is 0 Å². The van der Waals surface area contributed by atoms with Crippen LogP contribution in [0.2, 0.25) is 0 Å². The van der Waals surface area contributed by atoms with Gasteiger partial charge in [-0.25, -0.2) is 0 Å². The van der Waals surface area contributed by atoms with Crippen molar-refractivity contribution < 1.29 is 9.53 Å². The molecule has 0 spiro atoms. The lowest BCUT2D eigenvalue weighted by atomic mass is 10.1. The Morgan fingerprint density at radius 2 is 2.32 bits per heavy atom. The van der Waals surface area contributed by atoms with Gasteiger partial charge in [-0.3, -0.25) is 4.79 Å². The fraction of sp³-hybridized carbons (Fsp3) is 0.500. The predicted octanol–water partition coefficient (Wildman–Crippen LogP) is 1.42. The van der Waals surface area contributed by atoms with Crippen molar-refractivity contribution in [1.29, 1.82) is 0 Å². The number of carbonyl (C=O) groups is 1. The largest absolute Gasteiger partial charge is 0.397 e. The topological polar surface area (TPSA) is 67.6 Å². The molecular weight excluding hydrogens is 242 g/mol. The Hall–Kier alpha value is -1.75. The van der Waals surface area contributed by atoms with Gasteiger partial charge in [-0.1, -0.05) is 0 Å². The van der Waals surface area contributed by atoms with Gasteiger partial charge in [0.15, 0.2) is 0 Å². The van der Waals surface area contributed by atoms with Crippen molar-refractivity contribution >= 4 is 17.3 Å². The number of nitrogens with zero attached hydrogens (tertiary/aromatic N) is 1. The highest BCUT2D eigenvalue weighted by molar-refractivity contribution is 5.95. The first-order valence-electron chi connectivity index (χ1n) is 6.50. The lowest BCUT2D eigenvalue weighted by Gasteiger charge is -2.15. The van der Waals surface area contributed by atoms with Gasteiger partial charge in [-0.15, -0.1) is 0 Å². The van der Waals surface area contributed by atoms with Crippen LogP contribution in [0.4, 0.5) is 11.4 Å². The van der Waals surface area contributed by atoms with E-state index in [4.69, 9.17) is 10.5 Å². The van der Waals surface area contributed by atoms with Gasteiger partial charge < -0.3 is 20.7 Å². The zero-order chi connectivity index (χ0) is 13.8. The number of amides is 1. The fourth-order valence-electron chi connectivity index (χ4n) is 2.10. The minimum atomic E-state index is -0.0211. The van der Waals surface area contributed by atoms with Crippen LogP contribution in [0.5, 0.6) is 0 Å². The molecule has 0 bridgehead atoms. The van der Waals surface area contributed by atoms with E-state index >= 15 is 0 Å². The zero-order valence-corrected chi connectivity index (χ0v) is 11.5. The molecule has 0 saturated carbocycles. The number of nitrogen functional groups attached to an aromatic ring is 1. The van der Waals surface area contributed by atoms with Gasteiger partial charge in [0.05, 0.1) is 18.0 Å². The van der Waals surface area contributed by atoms with Crippen LogP contribution in [0, 0.1) is 5.92 Å². The predicted molar refractivity (Wildman–Crippen MR) is 76.3 cm³/mol. The zero-order valence-electron chi connectivity index (χ0n) is 11.5. The molecule has 1 amide bonds. The molecule has 5 nitrogen and oxygen atoms in total. The highest BCUT2D eigenvalue weighted by Crippen LogP contribution is 2.22. The summed E-state index contributed by atoms with van der Waals surface area (Å²) in [5.74, 6) is 0.500. The van der Waals surface area contributed by atoms with E-state index in [9.17, 15) is 4.79 Å². The first kappa shape index (κ1) is 13.7. The third-order valence-electron chi connectivity index (χ3n) is 3.31. The Morgan fingerprint density at radius 3 is 2.95 bits per heavy atom. The maximum absolute atomic E-state index is 11.9. The van der Waals surface area contributed by atoms with Crippen molar-refractivity contribution in [3.8, 4) is 0 Å². The molecule has 0 aromatic heterocycles. The molecule has 1 fully saturated rings. The van der Waals surface area contributed by atoms with Crippen LogP contribution in [0.1, 0.15) is 16.8 Å². The molecular formula is C14H21N3O2. The minimum Gasteiger partial charge on any atom is -0.397 e. The van der Waals surface area contributed by atoms with Gasteiger partial charge in [-0.05, 0) is 24.6 Å². The molecule has 1 aromatic rings. The Bertz CT molecular complexity index is 454. The van der Waals surface area contributed by atoms with E-state index in [1.165, 1.54) is 0 Å². The Labute approximate surface area is 113 Å². The Kier molecular flexibility index (Phi) is 4.27. The van der Waals surface area contributed by atoms with Crippen molar-refractivity contribution in [2.75, 3.05) is 44.9 Å². The second kappa shape index (κ2) is 5.93. The molecule has 3 N–H and O–H groups in total. The normalized spacial score (nSPS) is 18.3. The monoisotopic (exact) mass is 263 g/mol. The molecule has 1 heterocycles. The average molecular weight is 263 g/mol. The van der Waals surface area contributed by atoms with Crippen molar-refractivity contribution in [2.24, 2.45) is 5.92 Å². The minimum absolute atomic E-state index is 0.0211.